The van der Waals surface area contributed by atoms with Gasteiger partial charge in [-0.15, -0.1) is 0 Å². The first kappa shape index (κ1) is 14.9. The third kappa shape index (κ3) is 2.80. The molecule has 1 aliphatic carbocycles. The number of benzene rings is 2. The van der Waals surface area contributed by atoms with Crippen LogP contribution in [0.1, 0.15) is 29.5 Å². The Morgan fingerprint density at radius 2 is 1.75 bits per heavy atom. The van der Waals surface area contributed by atoms with Gasteiger partial charge in [-0.25, -0.2) is 9.18 Å². The first-order chi connectivity index (χ1) is 11.7. The third-order valence-corrected chi connectivity index (χ3v) is 4.51. The van der Waals surface area contributed by atoms with E-state index in [1.807, 2.05) is 12.1 Å². The standard InChI is InChI=1S/C20H17FO3/c21-14-7-5-13(6-8-14)12-23-15-9-10-17-16-3-1-2-4-18(16)20(22)24-19(17)11-15/h5-11H,1-4,12H2. The van der Waals surface area contributed by atoms with Crippen LogP contribution in [0.2, 0.25) is 0 Å². The summed E-state index contributed by atoms with van der Waals surface area (Å²) < 4.78 is 24.1. The second kappa shape index (κ2) is 6.11. The zero-order valence-corrected chi connectivity index (χ0v) is 13.2. The van der Waals surface area contributed by atoms with E-state index in [1.165, 1.54) is 12.1 Å². The molecule has 1 aromatic heterocycles. The van der Waals surface area contributed by atoms with Crippen LogP contribution in [-0.2, 0) is 19.4 Å². The maximum atomic E-state index is 12.9. The molecule has 0 saturated carbocycles. The molecule has 0 aliphatic heterocycles. The Morgan fingerprint density at radius 3 is 2.54 bits per heavy atom. The third-order valence-electron chi connectivity index (χ3n) is 4.51. The SMILES string of the molecule is O=c1oc2cc(OCc3ccc(F)cc3)ccc2c2c1CCCC2. The van der Waals surface area contributed by atoms with Crippen LogP contribution in [0.25, 0.3) is 11.0 Å². The summed E-state index contributed by atoms with van der Waals surface area (Å²) in [6.07, 6.45) is 3.88. The fraction of sp³-hybridized carbons (Fsp3) is 0.250. The average Bonchev–Trinajstić information content (AvgIpc) is 2.61. The molecule has 24 heavy (non-hydrogen) atoms. The van der Waals surface area contributed by atoms with Crippen molar-refractivity contribution < 1.29 is 13.5 Å². The zero-order valence-electron chi connectivity index (χ0n) is 13.2. The molecule has 1 heterocycles. The van der Waals surface area contributed by atoms with Gasteiger partial charge in [-0.2, -0.15) is 0 Å². The van der Waals surface area contributed by atoms with Crippen LogP contribution in [0.3, 0.4) is 0 Å². The van der Waals surface area contributed by atoms with Gasteiger partial charge >= 0.3 is 5.63 Å². The molecule has 0 N–H and O–H groups in total. The summed E-state index contributed by atoms with van der Waals surface area (Å²) in [6, 6.07) is 11.8. The summed E-state index contributed by atoms with van der Waals surface area (Å²) in [5, 5.41) is 0.999. The monoisotopic (exact) mass is 324 g/mol. The predicted molar refractivity (Wildman–Crippen MR) is 89.9 cm³/mol. The van der Waals surface area contributed by atoms with Crippen molar-refractivity contribution in [1.29, 1.82) is 0 Å². The summed E-state index contributed by atoms with van der Waals surface area (Å²) in [5.41, 5.74) is 3.17. The van der Waals surface area contributed by atoms with Gasteiger partial charge in [0, 0.05) is 17.0 Å². The lowest BCUT2D eigenvalue weighted by Gasteiger charge is -2.16. The Morgan fingerprint density at radius 1 is 1.00 bits per heavy atom. The Balaban J connectivity index is 1.63. The number of aryl methyl sites for hydroxylation is 1. The van der Waals surface area contributed by atoms with Crippen molar-refractivity contribution in [3.63, 3.8) is 0 Å². The molecule has 3 aromatic rings. The molecular weight excluding hydrogens is 307 g/mol. The highest BCUT2D eigenvalue weighted by molar-refractivity contribution is 5.82. The number of rotatable bonds is 3. The van der Waals surface area contributed by atoms with Crippen molar-refractivity contribution >= 4 is 11.0 Å². The summed E-state index contributed by atoms with van der Waals surface area (Å²) in [4.78, 5) is 12.2. The van der Waals surface area contributed by atoms with Gasteiger partial charge in [0.1, 0.15) is 23.8 Å². The number of ether oxygens (including phenoxy) is 1. The minimum Gasteiger partial charge on any atom is -0.489 e. The van der Waals surface area contributed by atoms with Crippen LogP contribution in [-0.4, -0.2) is 0 Å². The lowest BCUT2D eigenvalue weighted by molar-refractivity contribution is 0.306. The number of halogens is 1. The van der Waals surface area contributed by atoms with Gasteiger partial charge < -0.3 is 9.15 Å². The van der Waals surface area contributed by atoms with Crippen molar-refractivity contribution in [2.24, 2.45) is 0 Å². The Bertz CT molecular complexity index is 941. The smallest absolute Gasteiger partial charge is 0.339 e. The highest BCUT2D eigenvalue weighted by Crippen LogP contribution is 2.29. The van der Waals surface area contributed by atoms with Crippen molar-refractivity contribution in [3.8, 4) is 5.75 Å². The lowest BCUT2D eigenvalue weighted by atomic mass is 9.91. The first-order valence-corrected chi connectivity index (χ1v) is 8.16. The summed E-state index contributed by atoms with van der Waals surface area (Å²) >= 11 is 0. The molecule has 1 aliphatic rings. The molecule has 122 valence electrons. The van der Waals surface area contributed by atoms with Crippen LogP contribution < -0.4 is 10.4 Å². The Kier molecular flexibility index (Phi) is 3.81. The molecule has 0 atom stereocenters. The Hall–Kier alpha value is -2.62. The molecule has 0 bridgehead atoms. The molecule has 0 saturated heterocycles. The van der Waals surface area contributed by atoms with E-state index in [9.17, 15) is 9.18 Å². The maximum absolute atomic E-state index is 12.9. The van der Waals surface area contributed by atoms with Crippen molar-refractivity contribution in [3.05, 3.63) is 75.4 Å². The van der Waals surface area contributed by atoms with Crippen LogP contribution >= 0.6 is 0 Å². The van der Waals surface area contributed by atoms with E-state index in [4.69, 9.17) is 9.15 Å². The van der Waals surface area contributed by atoms with E-state index in [0.717, 1.165) is 47.8 Å². The van der Waals surface area contributed by atoms with E-state index in [-0.39, 0.29) is 11.4 Å². The van der Waals surface area contributed by atoms with Gasteiger partial charge in [-0.05, 0) is 61.1 Å². The second-order valence-electron chi connectivity index (χ2n) is 6.13. The number of hydrogen-bond acceptors (Lipinski definition) is 3. The molecule has 0 unspecified atom stereocenters. The fourth-order valence-corrected chi connectivity index (χ4v) is 3.26. The molecule has 0 spiro atoms. The highest BCUT2D eigenvalue weighted by Gasteiger charge is 2.18. The van der Waals surface area contributed by atoms with Gasteiger partial charge in [-0.3, -0.25) is 0 Å². The minimum absolute atomic E-state index is 0.229. The minimum atomic E-state index is -0.268. The first-order valence-electron chi connectivity index (χ1n) is 8.16. The largest absolute Gasteiger partial charge is 0.489 e. The van der Waals surface area contributed by atoms with Crippen molar-refractivity contribution in [1.82, 2.24) is 0 Å². The quantitative estimate of drug-likeness (QED) is 0.671. The second-order valence-corrected chi connectivity index (χ2v) is 6.13. The number of fused-ring (bicyclic) bond motifs is 3. The van der Waals surface area contributed by atoms with E-state index in [1.54, 1.807) is 18.2 Å². The van der Waals surface area contributed by atoms with E-state index in [0.29, 0.717) is 17.9 Å². The van der Waals surface area contributed by atoms with Crippen LogP contribution in [0.15, 0.2) is 51.7 Å². The molecule has 0 amide bonds. The van der Waals surface area contributed by atoms with Gasteiger partial charge in [0.15, 0.2) is 0 Å². The number of hydrogen-bond donors (Lipinski definition) is 0. The normalized spacial score (nSPS) is 13.7. The average molecular weight is 324 g/mol. The molecule has 3 nitrogen and oxygen atoms in total. The zero-order chi connectivity index (χ0) is 16.5. The van der Waals surface area contributed by atoms with Gasteiger partial charge in [0.2, 0.25) is 0 Å². The maximum Gasteiger partial charge on any atom is 0.339 e. The van der Waals surface area contributed by atoms with E-state index >= 15 is 0 Å². The fourth-order valence-electron chi connectivity index (χ4n) is 3.26. The topological polar surface area (TPSA) is 39.4 Å². The summed E-state index contributed by atoms with van der Waals surface area (Å²) in [5.74, 6) is 0.363. The molecule has 2 aromatic carbocycles. The molecule has 0 radical (unpaired) electrons. The molecule has 4 rings (SSSR count). The predicted octanol–water partition coefficient (Wildman–Crippen LogP) is 4.39. The van der Waals surface area contributed by atoms with Crippen molar-refractivity contribution in [2.45, 2.75) is 32.3 Å². The van der Waals surface area contributed by atoms with Crippen LogP contribution in [0.4, 0.5) is 4.39 Å². The summed E-state index contributed by atoms with van der Waals surface area (Å²) in [6.45, 7) is 0.334. The van der Waals surface area contributed by atoms with Crippen molar-refractivity contribution in [2.75, 3.05) is 0 Å². The van der Waals surface area contributed by atoms with Gasteiger partial charge in [-0.1, -0.05) is 12.1 Å². The molecule has 0 fully saturated rings. The van der Waals surface area contributed by atoms with Crippen LogP contribution in [0.5, 0.6) is 5.75 Å². The molecular formula is C20H17FO3. The summed E-state index contributed by atoms with van der Waals surface area (Å²) in [7, 11) is 0. The van der Waals surface area contributed by atoms with Gasteiger partial charge in [0.05, 0.1) is 0 Å². The Labute approximate surface area is 138 Å². The lowest BCUT2D eigenvalue weighted by Crippen LogP contribution is -2.15. The highest BCUT2D eigenvalue weighted by atomic mass is 19.1. The van der Waals surface area contributed by atoms with Gasteiger partial charge in [0.25, 0.3) is 0 Å². The van der Waals surface area contributed by atoms with E-state index in [2.05, 4.69) is 0 Å². The van der Waals surface area contributed by atoms with E-state index < -0.39 is 0 Å². The van der Waals surface area contributed by atoms with Crippen LogP contribution in [0, 0.1) is 5.82 Å². The molecule has 4 heteroatoms.